The molecule has 1 aliphatic carbocycles. The molecule has 0 N–H and O–H groups in total. The van der Waals surface area contributed by atoms with E-state index in [0.29, 0.717) is 18.7 Å². The van der Waals surface area contributed by atoms with E-state index >= 15 is 0 Å². The molecule has 0 saturated carbocycles. The maximum atomic E-state index is 12.0. The highest BCUT2D eigenvalue weighted by Gasteiger charge is 2.15. The van der Waals surface area contributed by atoms with Crippen molar-refractivity contribution in [3.63, 3.8) is 0 Å². The fourth-order valence-electron chi connectivity index (χ4n) is 2.76. The van der Waals surface area contributed by atoms with Crippen molar-refractivity contribution in [2.45, 2.75) is 25.8 Å². The van der Waals surface area contributed by atoms with Crippen molar-refractivity contribution in [1.29, 1.82) is 5.26 Å². The van der Waals surface area contributed by atoms with Gasteiger partial charge in [0, 0.05) is 11.8 Å². The Balaban J connectivity index is 1.67. The molecule has 3 rings (SSSR count). The Morgan fingerprint density at radius 1 is 1.14 bits per heavy atom. The Morgan fingerprint density at radius 3 is 2.71 bits per heavy atom. The van der Waals surface area contributed by atoms with Crippen LogP contribution < -0.4 is 10.3 Å². The molecule has 0 amide bonds. The molecule has 106 valence electrons. The van der Waals surface area contributed by atoms with Gasteiger partial charge >= 0.3 is 0 Å². The number of benzene rings is 1. The molecule has 0 spiro atoms. The predicted octanol–water partition coefficient (Wildman–Crippen LogP) is 2.29. The molecule has 1 aromatic heterocycles. The van der Waals surface area contributed by atoms with Crippen molar-refractivity contribution in [3.05, 3.63) is 63.6 Å². The molecule has 1 heterocycles. The summed E-state index contributed by atoms with van der Waals surface area (Å²) in [5.41, 5.74) is 3.09. The second-order valence-corrected chi connectivity index (χ2v) is 5.13. The molecule has 21 heavy (non-hydrogen) atoms. The predicted molar refractivity (Wildman–Crippen MR) is 79.4 cm³/mol. The number of hydrogen-bond donors (Lipinski definition) is 0. The Hall–Kier alpha value is -2.54. The van der Waals surface area contributed by atoms with Crippen molar-refractivity contribution >= 4 is 0 Å². The SMILES string of the molecule is N#Cc1ccc(OCCn2c3c(ccc2=O)CCC3)cc1. The third kappa shape index (κ3) is 2.82. The van der Waals surface area contributed by atoms with Gasteiger partial charge in [0.25, 0.3) is 5.56 Å². The van der Waals surface area contributed by atoms with Crippen LogP contribution in [0.25, 0.3) is 0 Å². The van der Waals surface area contributed by atoms with Crippen LogP contribution in [0, 0.1) is 11.3 Å². The van der Waals surface area contributed by atoms with E-state index in [0.717, 1.165) is 30.7 Å². The van der Waals surface area contributed by atoms with E-state index in [2.05, 4.69) is 6.07 Å². The van der Waals surface area contributed by atoms with Crippen molar-refractivity contribution in [3.8, 4) is 11.8 Å². The number of ether oxygens (including phenoxy) is 1. The molecule has 1 aromatic carbocycles. The highest BCUT2D eigenvalue weighted by molar-refractivity contribution is 5.34. The number of aromatic nitrogens is 1. The zero-order valence-electron chi connectivity index (χ0n) is 11.7. The number of nitriles is 1. The Morgan fingerprint density at radius 2 is 1.95 bits per heavy atom. The van der Waals surface area contributed by atoms with Gasteiger partial charge in [-0.25, -0.2) is 0 Å². The number of nitrogens with zero attached hydrogens (tertiary/aromatic N) is 2. The highest BCUT2D eigenvalue weighted by Crippen LogP contribution is 2.20. The van der Waals surface area contributed by atoms with Gasteiger partial charge < -0.3 is 9.30 Å². The van der Waals surface area contributed by atoms with Crippen LogP contribution in [-0.4, -0.2) is 11.2 Å². The first-order valence-electron chi connectivity index (χ1n) is 7.12. The van der Waals surface area contributed by atoms with Crippen LogP contribution in [0.2, 0.25) is 0 Å². The average molecular weight is 280 g/mol. The minimum absolute atomic E-state index is 0.0408. The molecule has 0 saturated heterocycles. The largest absolute Gasteiger partial charge is 0.492 e. The fraction of sp³-hybridized carbons (Fsp3) is 0.294. The van der Waals surface area contributed by atoms with E-state index in [1.54, 1.807) is 30.3 Å². The minimum Gasteiger partial charge on any atom is -0.492 e. The fourth-order valence-corrected chi connectivity index (χ4v) is 2.76. The minimum atomic E-state index is 0.0408. The maximum absolute atomic E-state index is 12.0. The smallest absolute Gasteiger partial charge is 0.250 e. The van der Waals surface area contributed by atoms with Gasteiger partial charge in [-0.05, 0) is 49.1 Å². The van der Waals surface area contributed by atoms with Crippen LogP contribution >= 0.6 is 0 Å². The van der Waals surface area contributed by atoms with Gasteiger partial charge in [-0.1, -0.05) is 6.07 Å². The molecule has 4 nitrogen and oxygen atoms in total. The van der Waals surface area contributed by atoms with Gasteiger partial charge in [0.2, 0.25) is 0 Å². The zero-order valence-corrected chi connectivity index (χ0v) is 11.7. The van der Waals surface area contributed by atoms with Crippen molar-refractivity contribution in [2.24, 2.45) is 0 Å². The topological polar surface area (TPSA) is 55.0 Å². The highest BCUT2D eigenvalue weighted by atomic mass is 16.5. The molecule has 0 unspecified atom stereocenters. The lowest BCUT2D eigenvalue weighted by molar-refractivity contribution is 0.294. The summed E-state index contributed by atoms with van der Waals surface area (Å²) in [5.74, 6) is 0.717. The van der Waals surface area contributed by atoms with Crippen LogP contribution in [0.5, 0.6) is 5.75 Å². The summed E-state index contributed by atoms with van der Waals surface area (Å²) in [4.78, 5) is 12.0. The van der Waals surface area contributed by atoms with E-state index in [1.807, 2.05) is 10.6 Å². The number of hydrogen-bond acceptors (Lipinski definition) is 3. The lowest BCUT2D eigenvalue weighted by atomic mass is 10.2. The van der Waals surface area contributed by atoms with Gasteiger partial charge in [-0.2, -0.15) is 5.26 Å². The summed E-state index contributed by atoms with van der Waals surface area (Å²) in [5, 5.41) is 8.74. The summed E-state index contributed by atoms with van der Waals surface area (Å²) >= 11 is 0. The molecule has 1 aliphatic rings. The summed E-state index contributed by atoms with van der Waals surface area (Å²) in [6, 6.07) is 12.7. The molecule has 4 heteroatoms. The first-order chi connectivity index (χ1) is 10.3. The molecule has 0 atom stereocenters. The third-order valence-electron chi connectivity index (χ3n) is 3.82. The number of rotatable bonds is 4. The Labute approximate surface area is 123 Å². The van der Waals surface area contributed by atoms with E-state index in [4.69, 9.17) is 10.00 Å². The normalized spacial score (nSPS) is 12.7. The molecular formula is C17H16N2O2. The zero-order chi connectivity index (χ0) is 14.7. The first-order valence-corrected chi connectivity index (χ1v) is 7.12. The Kier molecular flexibility index (Phi) is 3.74. The molecule has 0 bridgehead atoms. The van der Waals surface area contributed by atoms with Crippen LogP contribution in [0.1, 0.15) is 23.2 Å². The molecule has 0 fully saturated rings. The van der Waals surface area contributed by atoms with Crippen LogP contribution in [0.4, 0.5) is 0 Å². The first kappa shape index (κ1) is 13.4. The van der Waals surface area contributed by atoms with Gasteiger partial charge in [0.05, 0.1) is 18.2 Å². The number of aryl methyl sites for hydroxylation is 1. The maximum Gasteiger partial charge on any atom is 0.250 e. The number of pyridine rings is 1. The van der Waals surface area contributed by atoms with E-state index in [1.165, 1.54) is 5.56 Å². The number of fused-ring (bicyclic) bond motifs is 1. The summed E-state index contributed by atoms with van der Waals surface area (Å²) in [6.45, 7) is 1.00. The lowest BCUT2D eigenvalue weighted by Crippen LogP contribution is -2.25. The lowest BCUT2D eigenvalue weighted by Gasteiger charge is -2.12. The van der Waals surface area contributed by atoms with E-state index in [-0.39, 0.29) is 5.56 Å². The van der Waals surface area contributed by atoms with Crippen LogP contribution in [-0.2, 0) is 19.4 Å². The van der Waals surface area contributed by atoms with E-state index < -0.39 is 0 Å². The molecule has 0 radical (unpaired) electrons. The quantitative estimate of drug-likeness (QED) is 0.863. The third-order valence-corrected chi connectivity index (χ3v) is 3.82. The van der Waals surface area contributed by atoms with Crippen molar-refractivity contribution < 1.29 is 4.74 Å². The van der Waals surface area contributed by atoms with Gasteiger partial charge in [-0.15, -0.1) is 0 Å². The Bertz CT molecular complexity index is 739. The van der Waals surface area contributed by atoms with Gasteiger partial charge in [0.15, 0.2) is 0 Å². The molecule has 2 aromatic rings. The van der Waals surface area contributed by atoms with Crippen molar-refractivity contribution in [1.82, 2.24) is 4.57 Å². The van der Waals surface area contributed by atoms with Crippen molar-refractivity contribution in [2.75, 3.05) is 6.61 Å². The second-order valence-electron chi connectivity index (χ2n) is 5.13. The second kappa shape index (κ2) is 5.84. The average Bonchev–Trinajstić information content (AvgIpc) is 2.99. The van der Waals surface area contributed by atoms with Gasteiger partial charge in [-0.3, -0.25) is 4.79 Å². The summed E-state index contributed by atoms with van der Waals surface area (Å²) in [7, 11) is 0. The summed E-state index contributed by atoms with van der Waals surface area (Å²) in [6.07, 6.45) is 3.16. The molecular weight excluding hydrogens is 264 g/mol. The van der Waals surface area contributed by atoms with E-state index in [9.17, 15) is 4.79 Å². The monoisotopic (exact) mass is 280 g/mol. The molecule has 0 aliphatic heterocycles. The standard InChI is InChI=1S/C17H16N2O2/c18-12-13-4-7-15(8-5-13)21-11-10-19-16-3-1-2-14(16)6-9-17(19)20/h4-9H,1-3,10-11H2. The van der Waals surface area contributed by atoms with Crippen LogP contribution in [0.3, 0.4) is 0 Å². The van der Waals surface area contributed by atoms with Gasteiger partial charge in [0.1, 0.15) is 12.4 Å². The summed E-state index contributed by atoms with van der Waals surface area (Å²) < 4.78 is 7.48. The van der Waals surface area contributed by atoms with Crippen LogP contribution in [0.15, 0.2) is 41.2 Å².